The van der Waals surface area contributed by atoms with Crippen LogP contribution in [-0.4, -0.2) is 24.2 Å². The SMILES string of the molecule is NC(=S)c1cc(Br)ccc1NCCOC1CCCCC1. The van der Waals surface area contributed by atoms with Gasteiger partial charge in [0.05, 0.1) is 12.7 Å². The first-order valence-electron chi connectivity index (χ1n) is 7.11. The van der Waals surface area contributed by atoms with E-state index < -0.39 is 0 Å². The maximum Gasteiger partial charge on any atom is 0.106 e. The van der Waals surface area contributed by atoms with Gasteiger partial charge in [-0.2, -0.15) is 0 Å². The third kappa shape index (κ3) is 4.72. The lowest BCUT2D eigenvalue weighted by atomic mass is 9.98. The average Bonchev–Trinajstić information content (AvgIpc) is 2.45. The third-order valence-corrected chi connectivity index (χ3v) is 4.28. The van der Waals surface area contributed by atoms with Crippen molar-refractivity contribution < 1.29 is 4.74 Å². The Bertz CT molecular complexity index is 461. The zero-order valence-corrected chi connectivity index (χ0v) is 13.9. The second kappa shape index (κ2) is 7.96. The summed E-state index contributed by atoms with van der Waals surface area (Å²) in [5.74, 6) is 0. The molecule has 110 valence electrons. The van der Waals surface area contributed by atoms with E-state index in [1.54, 1.807) is 0 Å². The third-order valence-electron chi connectivity index (χ3n) is 3.57. The number of anilines is 1. The summed E-state index contributed by atoms with van der Waals surface area (Å²) >= 11 is 8.51. The monoisotopic (exact) mass is 356 g/mol. The Labute approximate surface area is 134 Å². The maximum absolute atomic E-state index is 5.89. The van der Waals surface area contributed by atoms with Gasteiger partial charge in [-0.05, 0) is 31.0 Å². The molecular formula is C15H21BrN2OS. The number of hydrogen-bond donors (Lipinski definition) is 2. The largest absolute Gasteiger partial charge is 0.389 e. The van der Waals surface area contributed by atoms with Crippen molar-refractivity contribution in [3.63, 3.8) is 0 Å². The summed E-state index contributed by atoms with van der Waals surface area (Å²) in [4.78, 5) is 0.405. The van der Waals surface area contributed by atoms with Gasteiger partial charge in [-0.3, -0.25) is 0 Å². The molecule has 3 N–H and O–H groups in total. The summed E-state index contributed by atoms with van der Waals surface area (Å²) in [6.07, 6.45) is 6.82. The molecule has 0 amide bonds. The van der Waals surface area contributed by atoms with E-state index in [0.717, 1.165) is 28.9 Å². The van der Waals surface area contributed by atoms with E-state index in [2.05, 4.69) is 21.2 Å². The fourth-order valence-corrected chi connectivity index (χ4v) is 3.05. The molecule has 0 unspecified atom stereocenters. The summed E-state index contributed by atoms with van der Waals surface area (Å²) < 4.78 is 6.87. The van der Waals surface area contributed by atoms with Gasteiger partial charge in [-0.15, -0.1) is 0 Å². The number of nitrogens with one attached hydrogen (secondary N) is 1. The van der Waals surface area contributed by atoms with Gasteiger partial charge in [-0.1, -0.05) is 47.4 Å². The van der Waals surface area contributed by atoms with Crippen LogP contribution in [0.15, 0.2) is 22.7 Å². The van der Waals surface area contributed by atoms with Gasteiger partial charge in [0.2, 0.25) is 0 Å². The Morgan fingerprint density at radius 3 is 2.80 bits per heavy atom. The first-order valence-corrected chi connectivity index (χ1v) is 8.32. The Hall–Kier alpha value is -0.650. The molecule has 2 rings (SSSR count). The summed E-state index contributed by atoms with van der Waals surface area (Å²) in [5.41, 5.74) is 7.58. The molecule has 0 spiro atoms. The average molecular weight is 357 g/mol. The molecule has 0 atom stereocenters. The number of rotatable bonds is 6. The van der Waals surface area contributed by atoms with Crippen LogP contribution < -0.4 is 11.1 Å². The maximum atomic E-state index is 5.89. The lowest BCUT2D eigenvalue weighted by Gasteiger charge is -2.22. The van der Waals surface area contributed by atoms with E-state index in [-0.39, 0.29) is 0 Å². The molecular weight excluding hydrogens is 336 g/mol. The quantitative estimate of drug-likeness (QED) is 0.600. The fraction of sp³-hybridized carbons (Fsp3) is 0.533. The summed E-state index contributed by atoms with van der Waals surface area (Å²) in [6.45, 7) is 1.49. The Morgan fingerprint density at radius 1 is 1.35 bits per heavy atom. The second-order valence-corrected chi connectivity index (χ2v) is 6.47. The molecule has 20 heavy (non-hydrogen) atoms. The zero-order valence-electron chi connectivity index (χ0n) is 11.5. The number of nitrogens with two attached hydrogens (primary N) is 1. The lowest BCUT2D eigenvalue weighted by molar-refractivity contribution is 0.0347. The van der Waals surface area contributed by atoms with Crippen molar-refractivity contribution in [1.82, 2.24) is 0 Å². The van der Waals surface area contributed by atoms with Crippen LogP contribution in [0.1, 0.15) is 37.7 Å². The van der Waals surface area contributed by atoms with E-state index >= 15 is 0 Å². The summed E-state index contributed by atoms with van der Waals surface area (Å²) in [6, 6.07) is 5.90. The molecule has 0 aliphatic heterocycles. The van der Waals surface area contributed by atoms with Crippen molar-refractivity contribution in [1.29, 1.82) is 0 Å². The first-order chi connectivity index (χ1) is 9.66. The number of thiocarbonyl (C=S) groups is 1. The van der Waals surface area contributed by atoms with E-state index in [9.17, 15) is 0 Å². The minimum Gasteiger partial charge on any atom is -0.389 e. The van der Waals surface area contributed by atoms with Gasteiger partial charge < -0.3 is 15.8 Å². The highest BCUT2D eigenvalue weighted by atomic mass is 79.9. The molecule has 0 bridgehead atoms. The fourth-order valence-electron chi connectivity index (χ4n) is 2.52. The Kier molecular flexibility index (Phi) is 6.26. The molecule has 0 radical (unpaired) electrons. The second-order valence-electron chi connectivity index (χ2n) is 5.11. The molecule has 0 heterocycles. The van der Waals surface area contributed by atoms with Gasteiger partial charge >= 0.3 is 0 Å². The van der Waals surface area contributed by atoms with Crippen molar-refractivity contribution >= 4 is 38.8 Å². The standard InChI is InChI=1S/C15H21BrN2OS/c16-11-6-7-14(13(10-11)15(17)20)18-8-9-19-12-4-2-1-3-5-12/h6-7,10,12,18H,1-5,8-9H2,(H2,17,20). The molecule has 0 saturated heterocycles. The normalized spacial score (nSPS) is 16.1. The molecule has 1 aromatic carbocycles. The minimum absolute atomic E-state index is 0.405. The van der Waals surface area contributed by atoms with Crippen LogP contribution in [0, 0.1) is 0 Å². The van der Waals surface area contributed by atoms with Gasteiger partial charge in [0, 0.05) is 22.3 Å². The molecule has 0 aromatic heterocycles. The van der Waals surface area contributed by atoms with Gasteiger partial charge in [0.1, 0.15) is 4.99 Å². The first kappa shape index (κ1) is 15.7. The van der Waals surface area contributed by atoms with Crippen molar-refractivity contribution in [3.05, 3.63) is 28.2 Å². The molecule has 3 nitrogen and oxygen atoms in total. The van der Waals surface area contributed by atoms with Crippen molar-refractivity contribution in [2.75, 3.05) is 18.5 Å². The highest BCUT2D eigenvalue weighted by Crippen LogP contribution is 2.22. The molecule has 1 aromatic rings. The highest BCUT2D eigenvalue weighted by molar-refractivity contribution is 9.10. The lowest BCUT2D eigenvalue weighted by Crippen LogP contribution is -2.21. The highest BCUT2D eigenvalue weighted by Gasteiger charge is 2.13. The Morgan fingerprint density at radius 2 is 2.10 bits per heavy atom. The van der Waals surface area contributed by atoms with E-state index in [1.807, 2.05) is 18.2 Å². The van der Waals surface area contributed by atoms with Gasteiger partial charge in [0.25, 0.3) is 0 Å². The number of halogens is 1. The predicted octanol–water partition coefficient (Wildman–Crippen LogP) is 3.84. The van der Waals surface area contributed by atoms with Crippen molar-refractivity contribution in [3.8, 4) is 0 Å². The van der Waals surface area contributed by atoms with Crippen LogP contribution in [0.4, 0.5) is 5.69 Å². The van der Waals surface area contributed by atoms with Crippen LogP contribution in [0.5, 0.6) is 0 Å². The smallest absolute Gasteiger partial charge is 0.106 e. The summed E-state index contributed by atoms with van der Waals surface area (Å²) in [5, 5.41) is 3.35. The van der Waals surface area contributed by atoms with E-state index in [1.165, 1.54) is 32.1 Å². The molecule has 1 aliphatic rings. The number of ether oxygens (including phenoxy) is 1. The molecule has 1 saturated carbocycles. The van der Waals surface area contributed by atoms with Crippen LogP contribution in [0.25, 0.3) is 0 Å². The van der Waals surface area contributed by atoms with Crippen LogP contribution >= 0.6 is 28.1 Å². The summed E-state index contributed by atoms with van der Waals surface area (Å²) in [7, 11) is 0. The zero-order chi connectivity index (χ0) is 14.4. The topological polar surface area (TPSA) is 47.3 Å². The minimum atomic E-state index is 0.405. The van der Waals surface area contributed by atoms with Crippen molar-refractivity contribution in [2.24, 2.45) is 5.73 Å². The van der Waals surface area contributed by atoms with Gasteiger partial charge in [-0.25, -0.2) is 0 Å². The van der Waals surface area contributed by atoms with Crippen LogP contribution in [-0.2, 0) is 4.74 Å². The van der Waals surface area contributed by atoms with E-state index in [0.29, 0.717) is 11.1 Å². The molecule has 5 heteroatoms. The van der Waals surface area contributed by atoms with E-state index in [4.69, 9.17) is 22.7 Å². The predicted molar refractivity (Wildman–Crippen MR) is 91.3 cm³/mol. The molecule has 1 fully saturated rings. The number of hydrogen-bond acceptors (Lipinski definition) is 3. The van der Waals surface area contributed by atoms with Gasteiger partial charge in [0.15, 0.2) is 0 Å². The number of benzene rings is 1. The Balaban J connectivity index is 1.80. The van der Waals surface area contributed by atoms with Crippen LogP contribution in [0.3, 0.4) is 0 Å². The van der Waals surface area contributed by atoms with Crippen LogP contribution in [0.2, 0.25) is 0 Å². The molecule has 1 aliphatic carbocycles. The van der Waals surface area contributed by atoms with Crippen molar-refractivity contribution in [2.45, 2.75) is 38.2 Å².